The van der Waals surface area contributed by atoms with Crippen LogP contribution in [-0.2, 0) is 16.4 Å². The third-order valence-electron chi connectivity index (χ3n) is 3.93. The highest BCUT2D eigenvalue weighted by atomic mass is 35.5. The van der Waals surface area contributed by atoms with Gasteiger partial charge in [0.1, 0.15) is 0 Å². The summed E-state index contributed by atoms with van der Waals surface area (Å²) in [6, 6.07) is 5.05. The largest absolute Gasteiger partial charge is 0.312 e. The van der Waals surface area contributed by atoms with Crippen molar-refractivity contribution in [3.63, 3.8) is 0 Å². The first kappa shape index (κ1) is 15.8. The highest BCUT2D eigenvalue weighted by Gasteiger charge is 2.17. The smallest absolute Gasteiger partial charge is 0.175 e. The van der Waals surface area contributed by atoms with Crippen LogP contribution in [0.3, 0.4) is 0 Å². The highest BCUT2D eigenvalue weighted by Crippen LogP contribution is 2.25. The molecule has 1 N–H and O–H groups in total. The fourth-order valence-electron chi connectivity index (χ4n) is 2.85. The van der Waals surface area contributed by atoms with Crippen molar-refractivity contribution in [3.05, 3.63) is 28.8 Å². The lowest BCUT2D eigenvalue weighted by Gasteiger charge is -2.22. The lowest BCUT2D eigenvalue weighted by atomic mass is 9.89. The maximum absolute atomic E-state index is 11.8. The maximum atomic E-state index is 11.8. The molecule has 0 amide bonds. The van der Waals surface area contributed by atoms with Crippen LogP contribution in [-0.4, -0.2) is 21.2 Å². The summed E-state index contributed by atoms with van der Waals surface area (Å²) >= 11 is 6.15. The van der Waals surface area contributed by atoms with Crippen molar-refractivity contribution in [2.24, 2.45) is 5.92 Å². The normalized spacial score (nSPS) is 17.3. The van der Waals surface area contributed by atoms with Crippen molar-refractivity contribution >= 4 is 21.4 Å². The second-order valence-electron chi connectivity index (χ2n) is 5.62. The molecule has 20 heavy (non-hydrogen) atoms. The molecular weight excluding hydrogens is 294 g/mol. The van der Waals surface area contributed by atoms with Crippen LogP contribution in [0.1, 0.15) is 37.7 Å². The Bertz CT molecular complexity index is 551. The van der Waals surface area contributed by atoms with Crippen molar-refractivity contribution < 1.29 is 8.42 Å². The fourth-order valence-corrected chi connectivity index (χ4v) is 4.10. The third kappa shape index (κ3) is 4.21. The standard InChI is InChI=1S/C15H22ClNO2S/c1-20(18,19)15-9-5-8-14(16)13(15)11-17-10-12-6-3-2-4-7-12/h5,8-9,12,17H,2-4,6-7,10-11H2,1H3. The molecule has 0 aromatic heterocycles. The number of hydrogen-bond acceptors (Lipinski definition) is 3. The fraction of sp³-hybridized carbons (Fsp3) is 0.600. The molecule has 0 bridgehead atoms. The Kier molecular flexibility index (Phi) is 5.47. The summed E-state index contributed by atoms with van der Waals surface area (Å²) in [4.78, 5) is 0.334. The van der Waals surface area contributed by atoms with Gasteiger partial charge in [-0.3, -0.25) is 0 Å². The minimum atomic E-state index is -3.24. The van der Waals surface area contributed by atoms with E-state index in [1.807, 2.05) is 0 Å². The van der Waals surface area contributed by atoms with Gasteiger partial charge in [0.2, 0.25) is 0 Å². The third-order valence-corrected chi connectivity index (χ3v) is 5.47. The number of benzene rings is 1. The summed E-state index contributed by atoms with van der Waals surface area (Å²) in [5.74, 6) is 0.716. The Balaban J connectivity index is 2.01. The second kappa shape index (κ2) is 6.92. The Morgan fingerprint density at radius 3 is 2.60 bits per heavy atom. The lowest BCUT2D eigenvalue weighted by Crippen LogP contribution is -2.25. The number of nitrogens with one attached hydrogen (secondary N) is 1. The van der Waals surface area contributed by atoms with Crippen LogP contribution in [0.15, 0.2) is 23.1 Å². The molecule has 1 saturated carbocycles. The molecular formula is C15H22ClNO2S. The first-order chi connectivity index (χ1) is 9.48. The molecule has 0 atom stereocenters. The van der Waals surface area contributed by atoms with Crippen molar-refractivity contribution in [1.29, 1.82) is 0 Å². The van der Waals surface area contributed by atoms with Crippen LogP contribution in [0, 0.1) is 5.92 Å². The average molecular weight is 316 g/mol. The van der Waals surface area contributed by atoms with E-state index in [2.05, 4.69) is 5.32 Å². The molecule has 1 aromatic carbocycles. The van der Waals surface area contributed by atoms with Gasteiger partial charge in [-0.25, -0.2) is 8.42 Å². The number of sulfone groups is 1. The SMILES string of the molecule is CS(=O)(=O)c1cccc(Cl)c1CNCC1CCCCC1. The maximum Gasteiger partial charge on any atom is 0.175 e. The average Bonchev–Trinajstić information content (AvgIpc) is 2.40. The monoisotopic (exact) mass is 315 g/mol. The van der Waals surface area contributed by atoms with Gasteiger partial charge >= 0.3 is 0 Å². The zero-order valence-corrected chi connectivity index (χ0v) is 13.4. The van der Waals surface area contributed by atoms with E-state index >= 15 is 0 Å². The van der Waals surface area contributed by atoms with Gasteiger partial charge in [0.25, 0.3) is 0 Å². The van der Waals surface area contributed by atoms with E-state index in [0.29, 0.717) is 27.9 Å². The van der Waals surface area contributed by atoms with Gasteiger partial charge < -0.3 is 5.32 Å². The van der Waals surface area contributed by atoms with Gasteiger partial charge in [0, 0.05) is 23.4 Å². The van der Waals surface area contributed by atoms with Crippen LogP contribution in [0.4, 0.5) is 0 Å². The highest BCUT2D eigenvalue weighted by molar-refractivity contribution is 7.90. The van der Waals surface area contributed by atoms with Crippen LogP contribution in [0.2, 0.25) is 5.02 Å². The molecule has 0 unspecified atom stereocenters. The van der Waals surface area contributed by atoms with Gasteiger partial charge in [-0.05, 0) is 37.4 Å². The lowest BCUT2D eigenvalue weighted by molar-refractivity contribution is 0.341. The van der Waals surface area contributed by atoms with E-state index in [-0.39, 0.29) is 0 Å². The Labute approximate surface area is 126 Å². The summed E-state index contributed by atoms with van der Waals surface area (Å²) in [5, 5.41) is 3.89. The van der Waals surface area contributed by atoms with Crippen molar-refractivity contribution in [2.75, 3.05) is 12.8 Å². The van der Waals surface area contributed by atoms with Crippen molar-refractivity contribution in [1.82, 2.24) is 5.32 Å². The Hall–Kier alpha value is -0.580. The van der Waals surface area contributed by atoms with E-state index < -0.39 is 9.84 Å². The van der Waals surface area contributed by atoms with Gasteiger partial charge in [-0.15, -0.1) is 0 Å². The summed E-state index contributed by atoms with van der Waals surface area (Å²) in [6.45, 7) is 1.45. The predicted molar refractivity (Wildman–Crippen MR) is 82.8 cm³/mol. The molecule has 1 aliphatic rings. The summed E-state index contributed by atoms with van der Waals surface area (Å²) in [7, 11) is -3.24. The molecule has 0 spiro atoms. The van der Waals surface area contributed by atoms with Gasteiger partial charge in [-0.2, -0.15) is 0 Å². The minimum Gasteiger partial charge on any atom is -0.312 e. The van der Waals surface area contributed by atoms with E-state index in [0.717, 1.165) is 6.54 Å². The molecule has 0 heterocycles. The molecule has 1 aromatic rings. The summed E-state index contributed by atoms with van der Waals surface area (Å²) in [6.07, 6.45) is 7.74. The van der Waals surface area contributed by atoms with E-state index in [4.69, 9.17) is 11.6 Å². The predicted octanol–water partition coefficient (Wildman–Crippen LogP) is 3.41. The molecule has 2 rings (SSSR count). The molecule has 0 saturated heterocycles. The van der Waals surface area contributed by atoms with Crippen LogP contribution in [0.25, 0.3) is 0 Å². The molecule has 5 heteroatoms. The van der Waals surface area contributed by atoms with Crippen LogP contribution >= 0.6 is 11.6 Å². The zero-order chi connectivity index (χ0) is 14.6. The molecule has 1 aliphatic carbocycles. The molecule has 3 nitrogen and oxygen atoms in total. The van der Waals surface area contributed by atoms with Crippen LogP contribution in [0.5, 0.6) is 0 Å². The van der Waals surface area contributed by atoms with Gasteiger partial charge in [0.15, 0.2) is 9.84 Å². The van der Waals surface area contributed by atoms with E-state index in [9.17, 15) is 8.42 Å². The first-order valence-corrected chi connectivity index (χ1v) is 9.43. The summed E-state index contributed by atoms with van der Waals surface area (Å²) in [5.41, 5.74) is 0.687. The number of rotatable bonds is 5. The Morgan fingerprint density at radius 2 is 1.95 bits per heavy atom. The van der Waals surface area contributed by atoms with Gasteiger partial charge in [0.05, 0.1) is 4.90 Å². The quantitative estimate of drug-likeness (QED) is 0.905. The summed E-state index contributed by atoms with van der Waals surface area (Å²) < 4.78 is 23.6. The first-order valence-electron chi connectivity index (χ1n) is 7.16. The van der Waals surface area contributed by atoms with Gasteiger partial charge in [-0.1, -0.05) is 36.9 Å². The van der Waals surface area contributed by atoms with E-state index in [1.165, 1.54) is 38.4 Å². The Morgan fingerprint density at radius 1 is 1.25 bits per heavy atom. The van der Waals surface area contributed by atoms with Crippen LogP contribution < -0.4 is 5.32 Å². The number of hydrogen-bond donors (Lipinski definition) is 1. The number of halogens is 1. The second-order valence-corrected chi connectivity index (χ2v) is 8.01. The molecule has 0 aliphatic heterocycles. The molecule has 0 radical (unpaired) electrons. The van der Waals surface area contributed by atoms with Crippen molar-refractivity contribution in [2.45, 2.75) is 43.5 Å². The topological polar surface area (TPSA) is 46.2 Å². The van der Waals surface area contributed by atoms with E-state index in [1.54, 1.807) is 18.2 Å². The van der Waals surface area contributed by atoms with Crippen molar-refractivity contribution in [3.8, 4) is 0 Å². The minimum absolute atomic E-state index is 0.334. The molecule has 112 valence electrons. The molecule has 1 fully saturated rings. The zero-order valence-electron chi connectivity index (χ0n) is 11.9.